The zero-order valence-corrected chi connectivity index (χ0v) is 10.9. The lowest BCUT2D eigenvalue weighted by Crippen LogP contribution is -2.45. The van der Waals surface area contributed by atoms with Crippen LogP contribution in [0.4, 0.5) is 4.39 Å². The minimum atomic E-state index is -0.241. The fourth-order valence-electron chi connectivity index (χ4n) is 3.04. The number of hydrogen-bond acceptors (Lipinski definition) is 3. The Morgan fingerprint density at radius 2 is 2.16 bits per heavy atom. The van der Waals surface area contributed by atoms with Crippen molar-refractivity contribution in [3.63, 3.8) is 0 Å². The smallest absolute Gasteiger partial charge is 0.123 e. The van der Waals surface area contributed by atoms with Gasteiger partial charge in [-0.1, -0.05) is 12.8 Å². The molecule has 1 aromatic rings. The number of nitrogens with one attached hydrogen (secondary N) is 1. The molecule has 3 nitrogen and oxygen atoms in total. The molecule has 0 saturated heterocycles. The van der Waals surface area contributed by atoms with E-state index in [0.29, 0.717) is 6.54 Å². The number of aliphatic hydroxyl groups excluding tert-OH is 1. The first kappa shape index (κ1) is 12.9. The van der Waals surface area contributed by atoms with Gasteiger partial charge < -0.3 is 15.2 Å². The van der Waals surface area contributed by atoms with Gasteiger partial charge in [-0.15, -0.1) is 0 Å². The second-order valence-electron chi connectivity index (χ2n) is 5.56. The molecule has 1 aromatic carbocycles. The van der Waals surface area contributed by atoms with Crippen LogP contribution < -0.4 is 10.1 Å². The molecule has 0 amide bonds. The zero-order chi connectivity index (χ0) is 13.2. The first-order valence-corrected chi connectivity index (χ1v) is 7.09. The summed E-state index contributed by atoms with van der Waals surface area (Å²) in [5, 5.41) is 13.3. The molecule has 104 valence electrons. The summed E-state index contributed by atoms with van der Waals surface area (Å²) in [5.41, 5.74) is 0.941. The van der Waals surface area contributed by atoms with Crippen molar-refractivity contribution in [3.8, 4) is 5.75 Å². The van der Waals surface area contributed by atoms with Crippen molar-refractivity contribution in [2.24, 2.45) is 0 Å². The predicted molar refractivity (Wildman–Crippen MR) is 70.8 cm³/mol. The van der Waals surface area contributed by atoms with Crippen molar-refractivity contribution in [1.29, 1.82) is 0 Å². The Morgan fingerprint density at radius 3 is 3.00 bits per heavy atom. The van der Waals surface area contributed by atoms with Crippen molar-refractivity contribution in [3.05, 3.63) is 29.6 Å². The zero-order valence-electron chi connectivity index (χ0n) is 10.9. The quantitative estimate of drug-likeness (QED) is 0.878. The molecule has 4 heteroatoms. The number of hydrogen-bond donors (Lipinski definition) is 2. The Hall–Kier alpha value is -1.13. The molecule has 0 bridgehead atoms. The first-order chi connectivity index (χ1) is 9.22. The SMILES string of the molecule is OC1CCCCC1NCC1Cc2cc(F)ccc2O1. The molecule has 2 aliphatic rings. The van der Waals surface area contributed by atoms with E-state index in [1.807, 2.05) is 0 Å². The first-order valence-electron chi connectivity index (χ1n) is 7.09. The Kier molecular flexibility index (Phi) is 3.71. The number of ether oxygens (including phenoxy) is 1. The molecule has 1 aliphatic carbocycles. The minimum Gasteiger partial charge on any atom is -0.488 e. The molecule has 3 rings (SSSR count). The lowest BCUT2D eigenvalue weighted by Gasteiger charge is -2.29. The molecule has 3 unspecified atom stereocenters. The highest BCUT2D eigenvalue weighted by atomic mass is 19.1. The van der Waals surface area contributed by atoms with Crippen LogP contribution in [-0.2, 0) is 6.42 Å². The van der Waals surface area contributed by atoms with E-state index in [0.717, 1.165) is 37.0 Å². The molecule has 19 heavy (non-hydrogen) atoms. The van der Waals surface area contributed by atoms with E-state index in [-0.39, 0.29) is 24.1 Å². The summed E-state index contributed by atoms with van der Waals surface area (Å²) >= 11 is 0. The number of fused-ring (bicyclic) bond motifs is 1. The Balaban J connectivity index is 1.53. The topological polar surface area (TPSA) is 41.5 Å². The van der Waals surface area contributed by atoms with Gasteiger partial charge in [0.15, 0.2) is 0 Å². The Labute approximate surface area is 112 Å². The van der Waals surface area contributed by atoms with E-state index in [1.54, 1.807) is 12.1 Å². The second kappa shape index (κ2) is 5.47. The molecular weight excluding hydrogens is 245 g/mol. The van der Waals surface area contributed by atoms with Crippen molar-refractivity contribution in [2.45, 2.75) is 50.4 Å². The van der Waals surface area contributed by atoms with Crippen LogP contribution in [0.3, 0.4) is 0 Å². The highest BCUT2D eigenvalue weighted by Crippen LogP contribution is 2.29. The maximum Gasteiger partial charge on any atom is 0.123 e. The van der Waals surface area contributed by atoms with Gasteiger partial charge in [0, 0.05) is 24.6 Å². The summed E-state index contributed by atoms with van der Waals surface area (Å²) in [5.74, 6) is 0.580. The molecule has 2 N–H and O–H groups in total. The number of halogens is 1. The number of rotatable bonds is 3. The third-order valence-electron chi connectivity index (χ3n) is 4.10. The summed E-state index contributed by atoms with van der Waals surface area (Å²) in [4.78, 5) is 0. The standard InChI is InChI=1S/C15H20FNO2/c16-11-5-6-15-10(7-11)8-12(19-15)9-17-13-3-1-2-4-14(13)18/h5-7,12-14,17-18H,1-4,8-9H2. The van der Waals surface area contributed by atoms with E-state index in [4.69, 9.17) is 4.74 Å². The van der Waals surface area contributed by atoms with Gasteiger partial charge in [0.25, 0.3) is 0 Å². The maximum atomic E-state index is 13.1. The van der Waals surface area contributed by atoms with Crippen molar-refractivity contribution in [2.75, 3.05) is 6.54 Å². The van der Waals surface area contributed by atoms with Crippen LogP contribution in [0.25, 0.3) is 0 Å². The third-order valence-corrected chi connectivity index (χ3v) is 4.10. The average molecular weight is 265 g/mol. The van der Waals surface area contributed by atoms with Crippen LogP contribution in [-0.4, -0.2) is 29.9 Å². The van der Waals surface area contributed by atoms with E-state index in [1.165, 1.54) is 12.5 Å². The summed E-state index contributed by atoms with van der Waals surface area (Å²) in [6.07, 6.45) is 4.74. The number of benzene rings is 1. The monoisotopic (exact) mass is 265 g/mol. The van der Waals surface area contributed by atoms with Crippen LogP contribution in [0.1, 0.15) is 31.2 Å². The van der Waals surface area contributed by atoms with Gasteiger partial charge in [-0.3, -0.25) is 0 Å². The highest BCUT2D eigenvalue weighted by Gasteiger charge is 2.27. The number of aliphatic hydroxyl groups is 1. The maximum absolute atomic E-state index is 13.1. The summed E-state index contributed by atoms with van der Waals surface area (Å²) in [6.45, 7) is 0.706. The van der Waals surface area contributed by atoms with Gasteiger partial charge in [0.05, 0.1) is 6.10 Å². The minimum absolute atomic E-state index is 0.0472. The van der Waals surface area contributed by atoms with Gasteiger partial charge in [-0.25, -0.2) is 4.39 Å². The second-order valence-corrected chi connectivity index (χ2v) is 5.56. The van der Waals surface area contributed by atoms with Gasteiger partial charge in [-0.05, 0) is 31.0 Å². The van der Waals surface area contributed by atoms with E-state index in [2.05, 4.69) is 5.32 Å². The summed E-state index contributed by atoms with van der Waals surface area (Å²) in [7, 11) is 0. The third kappa shape index (κ3) is 2.90. The predicted octanol–water partition coefficient (Wildman–Crippen LogP) is 2.02. The molecule has 0 spiro atoms. The average Bonchev–Trinajstić information content (AvgIpc) is 2.79. The normalized spacial score (nSPS) is 29.9. The van der Waals surface area contributed by atoms with Gasteiger partial charge >= 0.3 is 0 Å². The van der Waals surface area contributed by atoms with E-state index in [9.17, 15) is 9.50 Å². The van der Waals surface area contributed by atoms with Crippen LogP contribution in [0.15, 0.2) is 18.2 Å². The van der Waals surface area contributed by atoms with Gasteiger partial charge in [0.1, 0.15) is 17.7 Å². The molecular formula is C15H20FNO2. The lowest BCUT2D eigenvalue weighted by atomic mass is 9.92. The van der Waals surface area contributed by atoms with Crippen LogP contribution >= 0.6 is 0 Å². The molecule has 0 radical (unpaired) electrons. The fourth-order valence-corrected chi connectivity index (χ4v) is 3.04. The molecule has 0 aromatic heterocycles. The highest BCUT2D eigenvalue weighted by molar-refractivity contribution is 5.37. The molecule has 1 saturated carbocycles. The molecule has 1 aliphatic heterocycles. The van der Waals surface area contributed by atoms with Crippen LogP contribution in [0.5, 0.6) is 5.75 Å². The van der Waals surface area contributed by atoms with Crippen molar-refractivity contribution >= 4 is 0 Å². The molecule has 3 atom stereocenters. The summed E-state index contributed by atoms with van der Waals surface area (Å²) in [6, 6.07) is 4.85. The fraction of sp³-hybridized carbons (Fsp3) is 0.600. The van der Waals surface area contributed by atoms with Crippen LogP contribution in [0, 0.1) is 5.82 Å². The van der Waals surface area contributed by atoms with E-state index >= 15 is 0 Å². The largest absolute Gasteiger partial charge is 0.488 e. The summed E-state index contributed by atoms with van der Waals surface area (Å²) < 4.78 is 18.9. The molecule has 1 fully saturated rings. The van der Waals surface area contributed by atoms with Gasteiger partial charge in [-0.2, -0.15) is 0 Å². The van der Waals surface area contributed by atoms with Gasteiger partial charge in [0.2, 0.25) is 0 Å². The van der Waals surface area contributed by atoms with Crippen molar-refractivity contribution in [1.82, 2.24) is 5.32 Å². The van der Waals surface area contributed by atoms with Crippen LogP contribution in [0.2, 0.25) is 0 Å². The Morgan fingerprint density at radius 1 is 1.32 bits per heavy atom. The Bertz CT molecular complexity index is 452. The molecule has 1 heterocycles. The van der Waals surface area contributed by atoms with E-state index < -0.39 is 0 Å². The van der Waals surface area contributed by atoms with Crippen molar-refractivity contribution < 1.29 is 14.2 Å². The lowest BCUT2D eigenvalue weighted by molar-refractivity contribution is 0.0846.